The minimum atomic E-state index is -1.79. The summed E-state index contributed by atoms with van der Waals surface area (Å²) in [6, 6.07) is -0.926. The summed E-state index contributed by atoms with van der Waals surface area (Å²) in [5, 5.41) is 86.7. The number of aliphatic hydroxyl groups is 8. The largest absolute Gasteiger partial charge is 0.394 e. The fourth-order valence-corrected chi connectivity index (χ4v) is 10.9. The fourth-order valence-electron chi connectivity index (χ4n) is 10.9. The highest BCUT2D eigenvalue weighted by Crippen LogP contribution is 2.30. The van der Waals surface area contributed by atoms with E-state index in [1.165, 1.54) is 205 Å². The van der Waals surface area contributed by atoms with Gasteiger partial charge in [-0.3, -0.25) is 4.79 Å². The molecule has 14 heteroatoms. The molecule has 460 valence electrons. The number of hydrogen-bond donors (Lipinski definition) is 9. The summed E-state index contributed by atoms with van der Waals surface area (Å²) in [5.41, 5.74) is 0. The Morgan fingerprint density at radius 1 is 0.449 bits per heavy atom. The molecule has 12 unspecified atom stereocenters. The molecule has 0 aliphatic carbocycles. The van der Waals surface area contributed by atoms with E-state index in [0.29, 0.717) is 12.8 Å². The Hall–Kier alpha value is -1.53. The maximum atomic E-state index is 13.2. The number of carbonyl (C=O) groups excluding carboxylic acids is 1. The van der Waals surface area contributed by atoms with Gasteiger partial charge in [0.25, 0.3) is 0 Å². The van der Waals surface area contributed by atoms with Gasteiger partial charge in [0, 0.05) is 6.42 Å². The molecule has 1 amide bonds. The highest BCUT2D eigenvalue weighted by atomic mass is 16.7. The third-order valence-corrected chi connectivity index (χ3v) is 16.1. The molecular weight excluding hydrogens is 991 g/mol. The first kappa shape index (κ1) is 72.6. The molecule has 0 aromatic rings. The van der Waals surface area contributed by atoms with Crippen molar-refractivity contribution < 1.29 is 64.6 Å². The number of unbranched alkanes of at least 4 members (excludes halogenated alkanes) is 38. The number of aliphatic hydroxyl groups excluding tert-OH is 8. The number of amides is 1. The first-order valence-corrected chi connectivity index (χ1v) is 32.6. The average molecular weight is 1110 g/mol. The topological polar surface area (TPSA) is 228 Å². The molecule has 0 radical (unpaired) electrons. The lowest BCUT2D eigenvalue weighted by Gasteiger charge is -2.46. The quantitative estimate of drug-likeness (QED) is 0.0204. The van der Waals surface area contributed by atoms with Gasteiger partial charge in [0.2, 0.25) is 5.91 Å². The predicted molar refractivity (Wildman–Crippen MR) is 314 cm³/mol. The number of allylic oxidation sites excluding steroid dienone is 3. The van der Waals surface area contributed by atoms with Gasteiger partial charge < -0.3 is 65.1 Å². The van der Waals surface area contributed by atoms with Crippen molar-refractivity contribution in [1.29, 1.82) is 0 Å². The number of rotatable bonds is 53. The predicted octanol–water partition coefficient (Wildman–Crippen LogP) is 12.0. The summed E-state index contributed by atoms with van der Waals surface area (Å²) in [4.78, 5) is 13.2. The molecule has 78 heavy (non-hydrogen) atoms. The van der Waals surface area contributed by atoms with E-state index in [0.717, 1.165) is 44.9 Å². The molecule has 2 saturated heterocycles. The van der Waals surface area contributed by atoms with Crippen LogP contribution in [0, 0.1) is 0 Å². The van der Waals surface area contributed by atoms with E-state index in [-0.39, 0.29) is 18.9 Å². The van der Waals surface area contributed by atoms with Gasteiger partial charge in [-0.1, -0.05) is 276 Å². The van der Waals surface area contributed by atoms with E-state index in [9.17, 15) is 45.6 Å². The van der Waals surface area contributed by atoms with Crippen LogP contribution in [0.3, 0.4) is 0 Å². The summed E-state index contributed by atoms with van der Waals surface area (Å²) in [7, 11) is 0. The molecule has 12 atom stereocenters. The van der Waals surface area contributed by atoms with Crippen LogP contribution in [0.5, 0.6) is 0 Å². The standard InChI is InChI=1S/C64H121NO13/c1-3-5-7-9-11-13-14-15-16-17-18-19-20-21-22-23-24-25-26-27-28-29-30-31-32-33-34-35-36-37-38-39-40-42-44-46-48-56(69)65-52(53(68)47-45-43-41-12-10-8-6-4-2)51-75-63-61(74)59(72)62(55(50-67)77-63)78-64-60(73)58(71)57(70)54(49-66)76-64/h10,12,45,47,52-55,57-64,66-68,70-74H,3-9,11,13-44,46,48-51H2,1-2H3,(H,65,69)/b12-10+,47-45+. The van der Waals surface area contributed by atoms with Crippen molar-refractivity contribution in [1.82, 2.24) is 5.32 Å². The number of hydrogen-bond acceptors (Lipinski definition) is 13. The summed E-state index contributed by atoms with van der Waals surface area (Å²) in [6.45, 7) is 2.72. The minimum absolute atomic E-state index is 0.248. The second-order valence-electron chi connectivity index (χ2n) is 23.2. The van der Waals surface area contributed by atoms with Gasteiger partial charge in [-0.05, 0) is 25.7 Å². The molecule has 0 saturated carbocycles. The highest BCUT2D eigenvalue weighted by Gasteiger charge is 2.51. The van der Waals surface area contributed by atoms with Gasteiger partial charge in [-0.25, -0.2) is 0 Å². The lowest BCUT2D eigenvalue weighted by Crippen LogP contribution is -2.65. The Morgan fingerprint density at radius 3 is 1.24 bits per heavy atom. The molecule has 9 N–H and O–H groups in total. The van der Waals surface area contributed by atoms with Crippen LogP contribution in [0.4, 0.5) is 0 Å². The zero-order valence-corrected chi connectivity index (χ0v) is 49.7. The summed E-state index contributed by atoms with van der Waals surface area (Å²) in [5.74, 6) is -0.248. The van der Waals surface area contributed by atoms with Crippen molar-refractivity contribution in [3.05, 3.63) is 24.3 Å². The first-order chi connectivity index (χ1) is 38.1. The maximum Gasteiger partial charge on any atom is 0.220 e. The van der Waals surface area contributed by atoms with Gasteiger partial charge in [0.1, 0.15) is 48.8 Å². The van der Waals surface area contributed by atoms with E-state index in [2.05, 4.69) is 31.3 Å². The molecule has 2 fully saturated rings. The molecular formula is C64H121NO13. The molecule has 0 aromatic heterocycles. The van der Waals surface area contributed by atoms with Crippen LogP contribution in [0.25, 0.3) is 0 Å². The van der Waals surface area contributed by atoms with Crippen LogP contribution in [0.1, 0.15) is 284 Å². The Bertz CT molecular complexity index is 1400. The first-order valence-electron chi connectivity index (χ1n) is 32.6. The van der Waals surface area contributed by atoms with Crippen molar-refractivity contribution in [2.75, 3.05) is 19.8 Å². The number of ether oxygens (including phenoxy) is 4. The lowest BCUT2D eigenvalue weighted by molar-refractivity contribution is -0.359. The number of nitrogens with one attached hydrogen (secondary N) is 1. The lowest BCUT2D eigenvalue weighted by atomic mass is 9.97. The van der Waals surface area contributed by atoms with Gasteiger partial charge in [-0.2, -0.15) is 0 Å². The van der Waals surface area contributed by atoms with Crippen LogP contribution in [-0.4, -0.2) is 140 Å². The molecule has 14 nitrogen and oxygen atoms in total. The summed E-state index contributed by atoms with van der Waals surface area (Å²) >= 11 is 0. The number of carbonyl (C=O) groups is 1. The Balaban J connectivity index is 1.52. The third kappa shape index (κ3) is 34.8. The Kier molecular flexibility index (Phi) is 46.5. The summed E-state index contributed by atoms with van der Waals surface area (Å²) < 4.78 is 22.7. The molecule has 2 aliphatic heterocycles. The minimum Gasteiger partial charge on any atom is -0.394 e. The van der Waals surface area contributed by atoms with Crippen molar-refractivity contribution >= 4 is 5.91 Å². The Morgan fingerprint density at radius 2 is 0.821 bits per heavy atom. The van der Waals surface area contributed by atoms with E-state index in [1.807, 2.05) is 6.08 Å². The van der Waals surface area contributed by atoms with Crippen LogP contribution < -0.4 is 5.32 Å². The highest BCUT2D eigenvalue weighted by molar-refractivity contribution is 5.76. The van der Waals surface area contributed by atoms with Gasteiger partial charge in [0.05, 0.1) is 32.0 Å². The zero-order chi connectivity index (χ0) is 56.7. The average Bonchev–Trinajstić information content (AvgIpc) is 3.44. The van der Waals surface area contributed by atoms with E-state index in [1.54, 1.807) is 6.08 Å². The van der Waals surface area contributed by atoms with Crippen LogP contribution in [0.15, 0.2) is 24.3 Å². The second-order valence-corrected chi connectivity index (χ2v) is 23.2. The maximum absolute atomic E-state index is 13.2. The SMILES string of the molecule is CCCC/C=C/CC/C=C/C(O)C(COC1OC(CO)C(OC2OC(CO)C(O)C(O)C2O)C(O)C1O)NC(=O)CCCCCCCCCCCCCCCCCCCCCCCCCCCCCCCCCCCCCC. The van der Waals surface area contributed by atoms with Gasteiger partial charge in [-0.15, -0.1) is 0 Å². The molecule has 0 spiro atoms. The second kappa shape index (κ2) is 50.0. The Labute approximate surface area is 475 Å². The molecule has 2 aliphatic rings. The van der Waals surface area contributed by atoms with Gasteiger partial charge in [0.15, 0.2) is 12.6 Å². The molecule has 0 bridgehead atoms. The smallest absolute Gasteiger partial charge is 0.220 e. The normalized spacial score (nSPS) is 24.6. The van der Waals surface area contributed by atoms with Crippen LogP contribution in [-0.2, 0) is 23.7 Å². The van der Waals surface area contributed by atoms with E-state index < -0.39 is 86.8 Å². The van der Waals surface area contributed by atoms with Crippen molar-refractivity contribution in [3.63, 3.8) is 0 Å². The van der Waals surface area contributed by atoms with Crippen molar-refractivity contribution in [3.8, 4) is 0 Å². The fraction of sp³-hybridized carbons (Fsp3) is 0.922. The molecule has 2 rings (SSSR count). The summed E-state index contributed by atoms with van der Waals surface area (Å²) in [6.07, 6.45) is 44.5. The monoisotopic (exact) mass is 1110 g/mol. The van der Waals surface area contributed by atoms with E-state index >= 15 is 0 Å². The zero-order valence-electron chi connectivity index (χ0n) is 49.7. The van der Waals surface area contributed by atoms with Crippen molar-refractivity contribution in [2.45, 2.75) is 357 Å². The van der Waals surface area contributed by atoms with Crippen molar-refractivity contribution in [2.24, 2.45) is 0 Å². The molecule has 2 heterocycles. The van der Waals surface area contributed by atoms with Crippen LogP contribution in [0.2, 0.25) is 0 Å². The van der Waals surface area contributed by atoms with E-state index in [4.69, 9.17) is 18.9 Å². The van der Waals surface area contributed by atoms with Gasteiger partial charge >= 0.3 is 0 Å². The van der Waals surface area contributed by atoms with Crippen LogP contribution >= 0.6 is 0 Å². The molecule has 0 aromatic carbocycles. The third-order valence-electron chi connectivity index (χ3n) is 16.1.